The average Bonchev–Trinajstić information content (AvgIpc) is 3.18. The Kier molecular flexibility index (Phi) is 3.92. The van der Waals surface area contributed by atoms with Gasteiger partial charge < -0.3 is 4.42 Å². The quantitative estimate of drug-likeness (QED) is 0.735. The van der Waals surface area contributed by atoms with Crippen molar-refractivity contribution in [3.63, 3.8) is 0 Å². The van der Waals surface area contributed by atoms with Crippen molar-refractivity contribution in [3.05, 3.63) is 58.8 Å². The highest BCUT2D eigenvalue weighted by Gasteiger charge is 2.18. The molecule has 0 saturated carbocycles. The topological polar surface area (TPSA) is 105 Å². The average molecular weight is 337 g/mol. The Hall–Kier alpha value is -2.23. The van der Waals surface area contributed by atoms with Crippen LogP contribution in [-0.4, -0.2) is 18.6 Å². The number of hydrogen-bond donors (Lipinski definition) is 2. The van der Waals surface area contributed by atoms with E-state index in [1.54, 1.807) is 18.2 Å². The number of rotatable bonds is 5. The summed E-state index contributed by atoms with van der Waals surface area (Å²) in [7, 11) is -3.62. The van der Waals surface area contributed by atoms with Crippen LogP contribution >= 0.6 is 11.3 Å². The zero-order valence-electron chi connectivity index (χ0n) is 11.1. The van der Waals surface area contributed by atoms with Gasteiger partial charge in [-0.2, -0.15) is 5.10 Å². The van der Waals surface area contributed by atoms with Crippen molar-refractivity contribution < 1.29 is 12.8 Å². The van der Waals surface area contributed by atoms with Crippen LogP contribution in [0, 0.1) is 0 Å². The Bertz CT molecular complexity index is 906. The van der Waals surface area contributed by atoms with Crippen molar-refractivity contribution >= 4 is 21.4 Å². The Labute approximate surface area is 129 Å². The van der Waals surface area contributed by atoms with E-state index in [1.165, 1.54) is 24.5 Å². The monoisotopic (exact) mass is 337 g/mol. The van der Waals surface area contributed by atoms with E-state index in [1.807, 2.05) is 0 Å². The molecule has 0 bridgehead atoms. The van der Waals surface area contributed by atoms with Crippen LogP contribution in [0.4, 0.5) is 0 Å². The predicted molar refractivity (Wildman–Crippen MR) is 80.9 cm³/mol. The van der Waals surface area contributed by atoms with E-state index in [-0.39, 0.29) is 16.3 Å². The summed E-state index contributed by atoms with van der Waals surface area (Å²) in [5, 5.41) is 6.19. The lowest BCUT2D eigenvalue weighted by molar-refractivity contribution is 0.499. The van der Waals surface area contributed by atoms with Crippen molar-refractivity contribution in [2.45, 2.75) is 10.8 Å². The van der Waals surface area contributed by atoms with E-state index in [4.69, 9.17) is 4.42 Å². The summed E-state index contributed by atoms with van der Waals surface area (Å²) in [6.45, 7) is 0.0828. The van der Waals surface area contributed by atoms with Gasteiger partial charge in [0, 0.05) is 6.07 Å². The first-order valence-electron chi connectivity index (χ1n) is 6.22. The molecule has 0 amide bonds. The fourth-order valence-electron chi connectivity index (χ4n) is 1.73. The molecule has 0 aliphatic carbocycles. The molecule has 3 aromatic heterocycles. The zero-order chi connectivity index (χ0) is 15.6. The fraction of sp³-hybridized carbons (Fsp3) is 0.0769. The number of thiophene rings is 1. The van der Waals surface area contributed by atoms with Gasteiger partial charge in [0.1, 0.15) is 15.7 Å². The fourth-order valence-corrected chi connectivity index (χ4v) is 4.05. The lowest BCUT2D eigenvalue weighted by Crippen LogP contribution is -2.22. The highest BCUT2D eigenvalue weighted by molar-refractivity contribution is 7.91. The Morgan fingerprint density at radius 3 is 2.77 bits per heavy atom. The van der Waals surface area contributed by atoms with E-state index < -0.39 is 10.0 Å². The van der Waals surface area contributed by atoms with Gasteiger partial charge in [-0.15, -0.1) is 11.3 Å². The van der Waals surface area contributed by atoms with E-state index >= 15 is 0 Å². The second kappa shape index (κ2) is 5.87. The van der Waals surface area contributed by atoms with Crippen LogP contribution in [-0.2, 0) is 16.6 Å². The molecule has 0 saturated heterocycles. The smallest absolute Gasteiger partial charge is 0.264 e. The van der Waals surface area contributed by atoms with Gasteiger partial charge in [0.15, 0.2) is 0 Å². The Balaban J connectivity index is 1.80. The van der Waals surface area contributed by atoms with E-state index in [0.29, 0.717) is 16.3 Å². The molecule has 0 aliphatic rings. The maximum atomic E-state index is 12.2. The maximum Gasteiger partial charge on any atom is 0.264 e. The zero-order valence-corrected chi connectivity index (χ0v) is 12.8. The van der Waals surface area contributed by atoms with Crippen molar-refractivity contribution in [2.75, 3.05) is 0 Å². The van der Waals surface area contributed by atoms with E-state index in [0.717, 1.165) is 11.3 Å². The minimum atomic E-state index is -3.62. The van der Waals surface area contributed by atoms with Gasteiger partial charge in [0.05, 0.1) is 17.7 Å². The summed E-state index contributed by atoms with van der Waals surface area (Å²) < 4.78 is 32.1. The summed E-state index contributed by atoms with van der Waals surface area (Å²) in [4.78, 5) is 11.6. The minimum Gasteiger partial charge on any atom is -0.468 e. The molecule has 0 unspecified atom stereocenters. The molecule has 7 nitrogen and oxygen atoms in total. The van der Waals surface area contributed by atoms with Gasteiger partial charge in [0.25, 0.3) is 5.56 Å². The first-order chi connectivity index (χ1) is 10.5. The highest BCUT2D eigenvalue weighted by atomic mass is 32.2. The lowest BCUT2D eigenvalue weighted by Gasteiger charge is -2.02. The minimum absolute atomic E-state index is 0.0828. The molecule has 0 atom stereocenters. The second-order valence-corrected chi connectivity index (χ2v) is 7.41. The SMILES string of the molecule is O=c1ccc(-c2ccc(S(=O)(=O)NCc3ccco3)s2)n[nH]1. The lowest BCUT2D eigenvalue weighted by atomic mass is 10.3. The standard InChI is InChI=1S/C13H11N3O4S2/c17-12-5-3-10(15-16-12)11-4-6-13(21-11)22(18,19)14-8-9-2-1-7-20-9/h1-7,14H,8H2,(H,16,17). The molecule has 0 radical (unpaired) electrons. The molecule has 3 rings (SSSR count). The highest BCUT2D eigenvalue weighted by Crippen LogP contribution is 2.28. The number of hydrogen-bond acceptors (Lipinski definition) is 6. The van der Waals surface area contributed by atoms with Crippen LogP contribution in [0.1, 0.15) is 5.76 Å². The third-order valence-electron chi connectivity index (χ3n) is 2.79. The summed E-state index contributed by atoms with van der Waals surface area (Å²) in [6, 6.07) is 9.40. The molecule has 0 aromatic carbocycles. The van der Waals surface area contributed by atoms with Crippen molar-refractivity contribution in [2.24, 2.45) is 0 Å². The van der Waals surface area contributed by atoms with Crippen molar-refractivity contribution in [1.82, 2.24) is 14.9 Å². The number of H-pyrrole nitrogens is 1. The Morgan fingerprint density at radius 2 is 2.09 bits per heavy atom. The largest absolute Gasteiger partial charge is 0.468 e. The number of aromatic nitrogens is 2. The Morgan fingerprint density at radius 1 is 1.23 bits per heavy atom. The van der Waals surface area contributed by atoms with Crippen molar-refractivity contribution in [1.29, 1.82) is 0 Å². The molecule has 0 spiro atoms. The van der Waals surface area contributed by atoms with Crippen molar-refractivity contribution in [3.8, 4) is 10.6 Å². The summed E-state index contributed by atoms with van der Waals surface area (Å²) in [5.74, 6) is 0.530. The van der Waals surface area contributed by atoms with Crippen LogP contribution in [0.25, 0.3) is 10.6 Å². The van der Waals surface area contributed by atoms with Crippen LogP contribution in [0.3, 0.4) is 0 Å². The summed E-state index contributed by atoms with van der Waals surface area (Å²) in [6.07, 6.45) is 1.48. The first kappa shape index (κ1) is 14.7. The number of furan rings is 1. The van der Waals surface area contributed by atoms with E-state index in [9.17, 15) is 13.2 Å². The molecule has 0 fully saturated rings. The number of aromatic amines is 1. The van der Waals surface area contributed by atoms with Gasteiger partial charge in [-0.25, -0.2) is 18.2 Å². The van der Waals surface area contributed by atoms with E-state index in [2.05, 4.69) is 14.9 Å². The summed E-state index contributed by atoms with van der Waals surface area (Å²) >= 11 is 1.07. The number of nitrogens with zero attached hydrogens (tertiary/aromatic N) is 1. The maximum absolute atomic E-state index is 12.2. The molecule has 2 N–H and O–H groups in total. The van der Waals surface area contributed by atoms with Crippen LogP contribution < -0.4 is 10.3 Å². The molecule has 114 valence electrons. The molecular formula is C13H11N3O4S2. The van der Waals surface area contributed by atoms with Gasteiger partial charge in [-0.1, -0.05) is 0 Å². The normalized spacial score (nSPS) is 11.6. The van der Waals surface area contributed by atoms with Crippen LogP contribution in [0.5, 0.6) is 0 Å². The third kappa shape index (κ3) is 3.16. The molecular weight excluding hydrogens is 326 g/mol. The first-order valence-corrected chi connectivity index (χ1v) is 8.52. The third-order valence-corrected chi connectivity index (χ3v) is 5.80. The molecule has 3 heterocycles. The molecule has 0 aliphatic heterocycles. The van der Waals surface area contributed by atoms with Gasteiger partial charge in [-0.05, 0) is 30.3 Å². The number of nitrogens with one attached hydrogen (secondary N) is 2. The van der Waals surface area contributed by atoms with Gasteiger partial charge >= 0.3 is 0 Å². The molecule has 9 heteroatoms. The molecule has 22 heavy (non-hydrogen) atoms. The van der Waals surface area contributed by atoms with Gasteiger partial charge in [0.2, 0.25) is 10.0 Å². The van der Waals surface area contributed by atoms with Gasteiger partial charge in [-0.3, -0.25) is 4.79 Å². The number of sulfonamides is 1. The predicted octanol–water partition coefficient (Wildman–Crippen LogP) is 1.57. The van der Waals surface area contributed by atoms with Crippen LogP contribution in [0.2, 0.25) is 0 Å². The van der Waals surface area contributed by atoms with Crippen LogP contribution in [0.15, 0.2) is 56.1 Å². The molecule has 3 aromatic rings. The second-order valence-electron chi connectivity index (χ2n) is 4.33. The summed E-state index contributed by atoms with van der Waals surface area (Å²) in [5.41, 5.74) is 0.199.